The molecule has 0 aliphatic heterocycles. The topological polar surface area (TPSA) is 47.6 Å². The van der Waals surface area contributed by atoms with Gasteiger partial charge in [-0.15, -0.1) is 0 Å². The van der Waals surface area contributed by atoms with Crippen LogP contribution in [0.2, 0.25) is 0 Å². The summed E-state index contributed by atoms with van der Waals surface area (Å²) >= 11 is 6.50. The minimum atomic E-state index is 0. The van der Waals surface area contributed by atoms with E-state index in [1.54, 1.807) is 5.40 Å². The van der Waals surface area contributed by atoms with Crippen molar-refractivity contribution in [1.29, 1.82) is 10.5 Å². The number of nitriles is 2. The van der Waals surface area contributed by atoms with Crippen LogP contribution in [0.5, 0.6) is 0 Å². The molecule has 0 aliphatic rings. The van der Waals surface area contributed by atoms with Gasteiger partial charge in [-0.3, -0.25) is 0 Å². The Bertz CT molecular complexity index is 95.2. The van der Waals surface area contributed by atoms with Crippen molar-refractivity contribution in [2.45, 2.75) is 0 Å². The zero-order valence-electron chi connectivity index (χ0n) is 4.09. The zero-order valence-corrected chi connectivity index (χ0v) is 9.31. The van der Waals surface area contributed by atoms with Crippen molar-refractivity contribution in [1.82, 2.24) is 0 Å². The maximum atomic E-state index is 7.54. The van der Waals surface area contributed by atoms with Gasteiger partial charge in [-0.2, -0.15) is 5.26 Å². The first kappa shape index (κ1) is 16.0. The molecular formula is C2BrN2NaS2. The van der Waals surface area contributed by atoms with Gasteiger partial charge in [0, 0.05) is 25.0 Å². The molecule has 0 radical (unpaired) electrons. The van der Waals surface area contributed by atoms with Crippen LogP contribution in [0, 0.1) is 21.3 Å². The Kier molecular flexibility index (Phi) is 48.9. The fourth-order valence-corrected chi connectivity index (χ4v) is 0. The Balaban J connectivity index is -0.0000000575. The van der Waals surface area contributed by atoms with Crippen LogP contribution in [-0.4, -0.2) is 0 Å². The molecule has 6 heteroatoms. The van der Waals surface area contributed by atoms with Crippen LogP contribution in [0.25, 0.3) is 0 Å². The van der Waals surface area contributed by atoms with Crippen molar-refractivity contribution < 1.29 is 29.6 Å². The number of rotatable bonds is 0. The van der Waals surface area contributed by atoms with Gasteiger partial charge >= 0.3 is 29.6 Å². The molecule has 0 aromatic rings. The third kappa shape index (κ3) is 62.0. The van der Waals surface area contributed by atoms with E-state index in [1.165, 1.54) is 5.40 Å². The first-order valence-corrected chi connectivity index (χ1v) is 4.08. The Hall–Kier alpha value is 1.03. The third-order valence-electron chi connectivity index (χ3n) is 0.0345. The summed E-state index contributed by atoms with van der Waals surface area (Å²) in [6.45, 7) is 0. The maximum Gasteiger partial charge on any atom is 1.00 e. The van der Waals surface area contributed by atoms with Gasteiger partial charge in [-0.05, 0) is 0 Å². The van der Waals surface area contributed by atoms with Gasteiger partial charge < -0.3 is 12.6 Å². The van der Waals surface area contributed by atoms with Crippen LogP contribution in [0.1, 0.15) is 0 Å². The van der Waals surface area contributed by atoms with Crippen molar-refractivity contribution in [2.24, 2.45) is 0 Å². The summed E-state index contributed by atoms with van der Waals surface area (Å²) in [5.41, 5.74) is 0. The third-order valence-corrected chi connectivity index (χ3v) is 0.538. The maximum absolute atomic E-state index is 7.54. The van der Waals surface area contributed by atoms with Gasteiger partial charge in [-0.1, -0.05) is 5.40 Å². The number of thiocyanates is 2. The summed E-state index contributed by atoms with van der Waals surface area (Å²) in [5, 5.41) is 17.8. The first-order chi connectivity index (χ1) is 3.33. The Labute approximate surface area is 87.5 Å². The van der Waals surface area contributed by atoms with Crippen LogP contribution < -0.4 is 29.6 Å². The van der Waals surface area contributed by atoms with Crippen molar-refractivity contribution >= 4 is 37.6 Å². The molecule has 0 saturated heterocycles. The van der Waals surface area contributed by atoms with E-state index in [0.717, 1.165) is 10.2 Å². The zero-order chi connectivity index (χ0) is 6.12. The Morgan fingerprint density at radius 3 is 1.62 bits per heavy atom. The van der Waals surface area contributed by atoms with E-state index < -0.39 is 0 Å². The van der Waals surface area contributed by atoms with Crippen LogP contribution in [0.15, 0.2) is 0 Å². The van der Waals surface area contributed by atoms with Gasteiger partial charge in [-0.25, -0.2) is 5.26 Å². The minimum absolute atomic E-state index is 0. The van der Waals surface area contributed by atoms with Crippen molar-refractivity contribution in [3.63, 3.8) is 0 Å². The van der Waals surface area contributed by atoms with E-state index in [0.29, 0.717) is 0 Å². The summed E-state index contributed by atoms with van der Waals surface area (Å²) in [6, 6.07) is 0. The molecule has 0 N–H and O–H groups in total. The summed E-state index contributed by atoms with van der Waals surface area (Å²) < 4.78 is 0. The molecule has 0 fully saturated rings. The van der Waals surface area contributed by atoms with E-state index in [2.05, 4.69) is 27.4 Å². The standard InChI is InChI=1S/CBrNS.CHNS.Na/c2-4-1-3;2-1-3;/h;3H;/q;;+1/p-1. The van der Waals surface area contributed by atoms with E-state index in [9.17, 15) is 0 Å². The molecule has 38 valence electrons. The fourth-order valence-electron chi connectivity index (χ4n) is 0. The fraction of sp³-hybridized carbons (Fsp3) is 0. The molecule has 0 unspecified atom stereocenters. The predicted molar refractivity (Wildman–Crippen MR) is 35.1 cm³/mol. The molecule has 0 spiro atoms. The van der Waals surface area contributed by atoms with Gasteiger partial charge in [0.05, 0.1) is 0 Å². The van der Waals surface area contributed by atoms with Crippen molar-refractivity contribution in [3.8, 4) is 10.8 Å². The number of hydrogen-bond donors (Lipinski definition) is 0. The Morgan fingerprint density at radius 1 is 1.50 bits per heavy atom. The van der Waals surface area contributed by atoms with E-state index in [-0.39, 0.29) is 29.6 Å². The molecule has 2 nitrogen and oxygen atoms in total. The summed E-state index contributed by atoms with van der Waals surface area (Å²) in [4.78, 5) is 0. The number of nitrogens with zero attached hydrogens (tertiary/aromatic N) is 2. The Morgan fingerprint density at radius 2 is 1.62 bits per heavy atom. The molecule has 0 aliphatic carbocycles. The van der Waals surface area contributed by atoms with Gasteiger partial charge in [0.15, 0.2) is 0 Å². The second-order valence-corrected chi connectivity index (χ2v) is 1.75. The van der Waals surface area contributed by atoms with Gasteiger partial charge in [0.25, 0.3) is 0 Å². The second-order valence-electron chi connectivity index (χ2n) is 0.260. The summed E-state index contributed by atoms with van der Waals surface area (Å²) in [6.07, 6.45) is 0. The largest absolute Gasteiger partial charge is 1.00 e. The van der Waals surface area contributed by atoms with Gasteiger partial charge in [0.2, 0.25) is 0 Å². The summed E-state index contributed by atoms with van der Waals surface area (Å²) in [7, 11) is 0.975. The van der Waals surface area contributed by atoms with Crippen LogP contribution in [-0.2, 0) is 12.6 Å². The minimum Gasteiger partial charge on any atom is -0.696 e. The van der Waals surface area contributed by atoms with Crippen LogP contribution >= 0.6 is 25.0 Å². The molecule has 8 heavy (non-hydrogen) atoms. The van der Waals surface area contributed by atoms with Gasteiger partial charge in [0.1, 0.15) is 5.40 Å². The van der Waals surface area contributed by atoms with Crippen molar-refractivity contribution in [2.75, 3.05) is 0 Å². The molecule has 0 atom stereocenters. The quantitative estimate of drug-likeness (QED) is 0.283. The molecule has 0 amide bonds. The van der Waals surface area contributed by atoms with E-state index >= 15 is 0 Å². The van der Waals surface area contributed by atoms with Crippen molar-refractivity contribution in [3.05, 3.63) is 0 Å². The molecule has 0 bridgehead atoms. The molecule has 0 rings (SSSR count). The predicted octanol–water partition coefficient (Wildman–Crippen LogP) is -1.47. The average Bonchev–Trinajstić information content (AvgIpc) is 1.69. The second kappa shape index (κ2) is 24.4. The normalized spacial score (nSPS) is 3.38. The number of halogens is 1. The average molecular weight is 219 g/mol. The number of hydrogen-bond acceptors (Lipinski definition) is 4. The monoisotopic (exact) mass is 218 g/mol. The molecular weight excluding hydrogens is 219 g/mol. The van der Waals surface area contributed by atoms with Crippen LogP contribution in [0.4, 0.5) is 0 Å². The molecule has 0 heterocycles. The van der Waals surface area contributed by atoms with Crippen LogP contribution in [0.3, 0.4) is 0 Å². The molecule has 0 aromatic carbocycles. The van der Waals surface area contributed by atoms with E-state index in [1.807, 2.05) is 0 Å². The smallest absolute Gasteiger partial charge is 0.696 e. The molecule has 0 aromatic heterocycles. The first-order valence-electron chi connectivity index (χ1n) is 1.01. The SMILES string of the molecule is N#CSBr.N#C[S-].[Na+]. The summed E-state index contributed by atoms with van der Waals surface area (Å²) in [5.74, 6) is 0. The molecule has 0 saturated carbocycles. The van der Waals surface area contributed by atoms with E-state index in [4.69, 9.17) is 10.5 Å².